The Morgan fingerprint density at radius 3 is 2.37 bits per heavy atom. The van der Waals surface area contributed by atoms with Gasteiger partial charge in [-0.15, -0.1) is 0 Å². The highest BCUT2D eigenvalue weighted by atomic mass is 35.5. The van der Waals surface area contributed by atoms with Gasteiger partial charge in [0.25, 0.3) is 0 Å². The van der Waals surface area contributed by atoms with E-state index in [4.69, 9.17) is 11.6 Å². The normalized spacial score (nSPS) is 15.3. The Hall–Kier alpha value is -2.58. The minimum atomic E-state index is -3.77. The van der Waals surface area contributed by atoms with E-state index >= 15 is 0 Å². The zero-order valence-electron chi connectivity index (χ0n) is 20.3. The number of nitrogens with zero attached hydrogens (tertiary/aromatic N) is 2. The third-order valence-corrected chi connectivity index (χ3v) is 7.75. The van der Waals surface area contributed by atoms with Crippen molar-refractivity contribution in [1.82, 2.24) is 10.2 Å². The third-order valence-electron chi connectivity index (χ3n) is 6.38. The zero-order chi connectivity index (χ0) is 25.4. The highest BCUT2D eigenvalue weighted by Gasteiger charge is 2.30. The van der Waals surface area contributed by atoms with Gasteiger partial charge in [0.05, 0.1) is 11.9 Å². The molecule has 0 heterocycles. The molecule has 7 nitrogen and oxygen atoms in total. The summed E-state index contributed by atoms with van der Waals surface area (Å²) in [6, 6.07) is 15.4. The first kappa shape index (κ1) is 27.0. The van der Waals surface area contributed by atoms with Crippen LogP contribution in [0.2, 0.25) is 5.02 Å². The Labute approximate surface area is 213 Å². The lowest BCUT2D eigenvalue weighted by Crippen LogP contribution is -2.53. The lowest BCUT2D eigenvalue weighted by molar-refractivity contribution is -0.139. The van der Waals surface area contributed by atoms with Crippen LogP contribution in [0.3, 0.4) is 0 Å². The number of carbonyl (C=O) groups excluding carboxylic acids is 2. The molecule has 1 aliphatic carbocycles. The SMILES string of the molecule is C[C@H](C(=O)NC1CCCCC1)N(CCc1ccccc1)C(=O)CN(c1cccc(Cl)c1)S(C)(=O)=O. The van der Waals surface area contributed by atoms with Crippen LogP contribution < -0.4 is 9.62 Å². The number of sulfonamides is 1. The molecular weight excluding hydrogens is 486 g/mol. The average Bonchev–Trinajstić information content (AvgIpc) is 2.83. The van der Waals surface area contributed by atoms with Gasteiger partial charge in [-0.3, -0.25) is 13.9 Å². The number of rotatable bonds is 10. The summed E-state index contributed by atoms with van der Waals surface area (Å²) >= 11 is 6.07. The molecule has 0 bridgehead atoms. The molecule has 1 aliphatic rings. The Kier molecular flexibility index (Phi) is 9.57. The molecule has 9 heteroatoms. The lowest BCUT2D eigenvalue weighted by Gasteiger charge is -2.33. The molecule has 35 heavy (non-hydrogen) atoms. The van der Waals surface area contributed by atoms with Crippen LogP contribution in [-0.4, -0.2) is 56.6 Å². The van der Waals surface area contributed by atoms with Gasteiger partial charge < -0.3 is 10.2 Å². The standard InChI is InChI=1S/C26H34ClN3O4S/c1-20(26(32)28-23-13-7-4-8-14-23)29(17-16-21-10-5-3-6-11-21)25(31)19-30(35(2,33)34)24-15-9-12-22(27)18-24/h3,5-6,9-12,15,18,20,23H,4,7-8,13-14,16-17,19H2,1-2H3,(H,28,32)/t20-/m1/s1. The van der Waals surface area contributed by atoms with E-state index in [9.17, 15) is 18.0 Å². The maximum Gasteiger partial charge on any atom is 0.244 e. The minimum Gasteiger partial charge on any atom is -0.352 e. The smallest absolute Gasteiger partial charge is 0.244 e. The highest BCUT2D eigenvalue weighted by Crippen LogP contribution is 2.22. The summed E-state index contributed by atoms with van der Waals surface area (Å²) in [6.45, 7) is 1.56. The van der Waals surface area contributed by atoms with Crippen LogP contribution >= 0.6 is 11.6 Å². The second kappa shape index (κ2) is 12.4. The first-order valence-electron chi connectivity index (χ1n) is 12.0. The summed E-state index contributed by atoms with van der Waals surface area (Å²) in [5.74, 6) is -0.662. The van der Waals surface area contributed by atoms with Gasteiger partial charge in [-0.25, -0.2) is 8.42 Å². The van der Waals surface area contributed by atoms with Crippen molar-refractivity contribution in [2.75, 3.05) is 23.7 Å². The van der Waals surface area contributed by atoms with Gasteiger partial charge >= 0.3 is 0 Å². The van der Waals surface area contributed by atoms with Gasteiger partial charge in [-0.05, 0) is 49.9 Å². The fraction of sp³-hybridized carbons (Fsp3) is 0.462. The van der Waals surface area contributed by atoms with Gasteiger partial charge in [0, 0.05) is 17.6 Å². The average molecular weight is 520 g/mol. The van der Waals surface area contributed by atoms with E-state index in [2.05, 4.69) is 5.32 Å². The van der Waals surface area contributed by atoms with E-state index in [0.29, 0.717) is 17.1 Å². The van der Waals surface area contributed by atoms with E-state index in [1.54, 1.807) is 25.1 Å². The Bertz CT molecular complexity index is 1100. The first-order valence-corrected chi connectivity index (χ1v) is 14.2. The predicted molar refractivity (Wildman–Crippen MR) is 140 cm³/mol. The number of anilines is 1. The quantitative estimate of drug-likeness (QED) is 0.513. The molecule has 0 aliphatic heterocycles. The molecule has 0 unspecified atom stereocenters. The Morgan fingerprint density at radius 2 is 1.74 bits per heavy atom. The molecule has 0 aromatic heterocycles. The van der Waals surface area contributed by atoms with Crippen molar-refractivity contribution in [3.63, 3.8) is 0 Å². The molecule has 190 valence electrons. The summed E-state index contributed by atoms with van der Waals surface area (Å²) < 4.78 is 26.2. The van der Waals surface area contributed by atoms with Crippen molar-refractivity contribution in [1.29, 1.82) is 0 Å². The maximum absolute atomic E-state index is 13.5. The maximum atomic E-state index is 13.5. The van der Waals surface area contributed by atoms with E-state index in [1.807, 2.05) is 30.3 Å². The third kappa shape index (κ3) is 7.97. The van der Waals surface area contributed by atoms with Crippen LogP contribution in [0.25, 0.3) is 0 Å². The van der Waals surface area contributed by atoms with E-state index in [1.165, 1.54) is 17.4 Å². The van der Waals surface area contributed by atoms with Crippen molar-refractivity contribution in [2.45, 2.75) is 57.5 Å². The van der Waals surface area contributed by atoms with Gasteiger partial charge in [-0.2, -0.15) is 0 Å². The zero-order valence-corrected chi connectivity index (χ0v) is 21.9. The number of hydrogen-bond acceptors (Lipinski definition) is 4. The fourth-order valence-corrected chi connectivity index (χ4v) is 5.41. The number of amides is 2. The molecular formula is C26H34ClN3O4S. The van der Waals surface area contributed by atoms with Crippen LogP contribution in [0, 0.1) is 0 Å². The van der Waals surface area contributed by atoms with Gasteiger partial charge in [0.15, 0.2) is 0 Å². The van der Waals surface area contributed by atoms with Crippen molar-refractivity contribution < 1.29 is 18.0 Å². The number of nitrogens with one attached hydrogen (secondary N) is 1. The van der Waals surface area contributed by atoms with Gasteiger partial charge in [-0.1, -0.05) is 67.3 Å². The molecule has 3 rings (SSSR count). The number of halogens is 1. The van der Waals surface area contributed by atoms with Crippen LogP contribution in [0.4, 0.5) is 5.69 Å². The second-order valence-electron chi connectivity index (χ2n) is 9.09. The molecule has 0 radical (unpaired) electrons. The Balaban J connectivity index is 1.81. The summed E-state index contributed by atoms with van der Waals surface area (Å²) in [7, 11) is -3.77. The molecule has 0 spiro atoms. The van der Waals surface area contributed by atoms with Crippen molar-refractivity contribution in [3.8, 4) is 0 Å². The molecule has 0 saturated heterocycles. The van der Waals surface area contributed by atoms with Crippen molar-refractivity contribution >= 4 is 39.1 Å². The van der Waals surface area contributed by atoms with Gasteiger partial charge in [0.1, 0.15) is 12.6 Å². The molecule has 2 aromatic rings. The minimum absolute atomic E-state index is 0.115. The fourth-order valence-electron chi connectivity index (χ4n) is 4.38. The molecule has 2 amide bonds. The van der Waals surface area contributed by atoms with Crippen LogP contribution in [-0.2, 0) is 26.0 Å². The van der Waals surface area contributed by atoms with Crippen molar-refractivity contribution in [3.05, 3.63) is 65.2 Å². The van der Waals surface area contributed by atoms with E-state index in [-0.39, 0.29) is 18.5 Å². The summed E-state index contributed by atoms with van der Waals surface area (Å²) in [4.78, 5) is 28.1. The molecule has 1 saturated carbocycles. The molecule has 1 atom stereocenters. The van der Waals surface area contributed by atoms with E-state index in [0.717, 1.165) is 41.8 Å². The summed E-state index contributed by atoms with van der Waals surface area (Å²) in [6.07, 6.45) is 6.81. The van der Waals surface area contributed by atoms with Crippen LogP contribution in [0.1, 0.15) is 44.6 Å². The van der Waals surface area contributed by atoms with E-state index < -0.39 is 28.5 Å². The van der Waals surface area contributed by atoms with Crippen LogP contribution in [0.15, 0.2) is 54.6 Å². The molecule has 1 N–H and O–H groups in total. The summed E-state index contributed by atoms with van der Waals surface area (Å²) in [5, 5.41) is 3.46. The van der Waals surface area contributed by atoms with Crippen molar-refractivity contribution in [2.24, 2.45) is 0 Å². The number of carbonyl (C=O) groups is 2. The molecule has 2 aromatic carbocycles. The number of hydrogen-bond donors (Lipinski definition) is 1. The predicted octanol–water partition coefficient (Wildman–Crippen LogP) is 4.01. The monoisotopic (exact) mass is 519 g/mol. The first-order chi connectivity index (χ1) is 16.6. The summed E-state index contributed by atoms with van der Waals surface area (Å²) in [5.41, 5.74) is 1.33. The second-order valence-corrected chi connectivity index (χ2v) is 11.4. The Morgan fingerprint density at radius 1 is 1.06 bits per heavy atom. The highest BCUT2D eigenvalue weighted by molar-refractivity contribution is 7.92. The van der Waals surface area contributed by atoms with Gasteiger partial charge in [0.2, 0.25) is 21.8 Å². The molecule has 1 fully saturated rings. The van der Waals surface area contributed by atoms with Crippen LogP contribution in [0.5, 0.6) is 0 Å². The lowest BCUT2D eigenvalue weighted by atomic mass is 9.95. The largest absolute Gasteiger partial charge is 0.352 e. The topological polar surface area (TPSA) is 86.8 Å². The number of benzene rings is 2.